The zero-order chi connectivity index (χ0) is 21.1. The minimum atomic E-state index is -0.416. The van der Waals surface area contributed by atoms with Gasteiger partial charge in [-0.1, -0.05) is 53.8 Å². The number of carbonyl (C=O) groups excluding carboxylic acids is 1. The van der Waals surface area contributed by atoms with Crippen LogP contribution in [0.4, 0.5) is 9.52 Å². The molecule has 0 spiro atoms. The summed E-state index contributed by atoms with van der Waals surface area (Å²) in [6, 6.07) is 19.5. The number of thiazole rings is 1. The van der Waals surface area contributed by atoms with Crippen LogP contribution < -0.4 is 14.4 Å². The lowest BCUT2D eigenvalue weighted by molar-refractivity contribution is 0.0981. The summed E-state index contributed by atoms with van der Waals surface area (Å²) >= 11 is 1.27. The quantitative estimate of drug-likeness (QED) is 0.423. The Morgan fingerprint density at radius 2 is 1.77 bits per heavy atom. The third-order valence-corrected chi connectivity index (χ3v) is 5.69. The van der Waals surface area contributed by atoms with Gasteiger partial charge in [0.15, 0.2) is 16.6 Å². The normalized spacial score (nSPS) is 10.8. The van der Waals surface area contributed by atoms with E-state index in [2.05, 4.69) is 4.98 Å². The van der Waals surface area contributed by atoms with Gasteiger partial charge >= 0.3 is 0 Å². The van der Waals surface area contributed by atoms with E-state index < -0.39 is 5.82 Å². The van der Waals surface area contributed by atoms with Crippen LogP contribution in [0.5, 0.6) is 11.5 Å². The molecule has 0 saturated carbocycles. The minimum absolute atomic E-state index is 0.251. The number of methoxy groups -OCH3 is 2. The van der Waals surface area contributed by atoms with E-state index in [1.807, 2.05) is 30.3 Å². The van der Waals surface area contributed by atoms with Gasteiger partial charge in [0, 0.05) is 0 Å². The summed E-state index contributed by atoms with van der Waals surface area (Å²) in [5.41, 5.74) is 1.51. The van der Waals surface area contributed by atoms with Crippen molar-refractivity contribution in [2.24, 2.45) is 0 Å². The van der Waals surface area contributed by atoms with Gasteiger partial charge in [-0.05, 0) is 29.8 Å². The SMILES string of the molecule is COc1cccc(C(=O)N(Cc2ccccc2)c2nc3c(F)cccc3s2)c1OC. The Bertz CT molecular complexity index is 1190. The highest BCUT2D eigenvalue weighted by Crippen LogP contribution is 2.35. The number of hydrogen-bond donors (Lipinski definition) is 0. The van der Waals surface area contributed by atoms with Crippen LogP contribution in [0.2, 0.25) is 0 Å². The van der Waals surface area contributed by atoms with Crippen LogP contribution in [0.3, 0.4) is 0 Å². The van der Waals surface area contributed by atoms with Gasteiger partial charge in [0.25, 0.3) is 5.91 Å². The zero-order valence-electron chi connectivity index (χ0n) is 16.5. The number of ether oxygens (including phenoxy) is 2. The highest BCUT2D eigenvalue weighted by atomic mass is 32.1. The van der Waals surface area contributed by atoms with E-state index in [-0.39, 0.29) is 18.0 Å². The predicted octanol–water partition coefficient (Wildman–Crippen LogP) is 5.30. The molecular formula is C23H19FN2O3S. The minimum Gasteiger partial charge on any atom is -0.493 e. The maximum Gasteiger partial charge on any atom is 0.264 e. The third kappa shape index (κ3) is 3.71. The molecule has 7 heteroatoms. The maximum absolute atomic E-state index is 14.2. The van der Waals surface area contributed by atoms with E-state index in [1.165, 1.54) is 36.5 Å². The van der Waals surface area contributed by atoms with Crippen molar-refractivity contribution >= 4 is 32.6 Å². The Kier molecular flexibility index (Phi) is 5.63. The summed E-state index contributed by atoms with van der Waals surface area (Å²) in [6.45, 7) is 0.279. The van der Waals surface area contributed by atoms with Crippen molar-refractivity contribution in [3.8, 4) is 11.5 Å². The lowest BCUT2D eigenvalue weighted by Crippen LogP contribution is -2.30. The molecule has 0 aliphatic rings. The van der Waals surface area contributed by atoms with Gasteiger partial charge in [0.2, 0.25) is 0 Å². The number of para-hydroxylation sites is 2. The molecule has 0 unspecified atom stereocenters. The van der Waals surface area contributed by atoms with Gasteiger partial charge < -0.3 is 9.47 Å². The van der Waals surface area contributed by atoms with Gasteiger partial charge in [0.1, 0.15) is 11.3 Å². The molecular weight excluding hydrogens is 403 g/mol. The van der Waals surface area contributed by atoms with E-state index >= 15 is 0 Å². The number of aromatic nitrogens is 1. The Labute approximate surface area is 177 Å². The first-order valence-electron chi connectivity index (χ1n) is 9.24. The molecule has 4 rings (SSSR count). The Morgan fingerprint density at radius 1 is 1.00 bits per heavy atom. The van der Waals surface area contributed by atoms with E-state index in [4.69, 9.17) is 9.47 Å². The number of fused-ring (bicyclic) bond motifs is 1. The first-order chi connectivity index (χ1) is 14.6. The van der Waals surface area contributed by atoms with Gasteiger partial charge in [-0.3, -0.25) is 9.69 Å². The molecule has 3 aromatic carbocycles. The fourth-order valence-corrected chi connectivity index (χ4v) is 4.19. The third-order valence-electron chi connectivity index (χ3n) is 4.65. The molecule has 0 atom stereocenters. The maximum atomic E-state index is 14.2. The largest absolute Gasteiger partial charge is 0.493 e. The Hall–Kier alpha value is -3.45. The van der Waals surface area contributed by atoms with Crippen molar-refractivity contribution in [1.29, 1.82) is 0 Å². The monoisotopic (exact) mass is 422 g/mol. The molecule has 1 heterocycles. The number of carbonyl (C=O) groups is 1. The smallest absolute Gasteiger partial charge is 0.264 e. The fourth-order valence-electron chi connectivity index (χ4n) is 3.21. The second kappa shape index (κ2) is 8.51. The molecule has 0 radical (unpaired) electrons. The number of halogens is 1. The number of nitrogens with zero attached hydrogens (tertiary/aromatic N) is 2. The summed E-state index contributed by atoms with van der Waals surface area (Å²) in [5, 5.41) is 0.411. The van der Waals surface area contributed by atoms with Crippen LogP contribution in [0.25, 0.3) is 10.2 Å². The molecule has 0 bridgehead atoms. The fraction of sp³-hybridized carbons (Fsp3) is 0.130. The predicted molar refractivity (Wildman–Crippen MR) is 116 cm³/mol. The summed E-state index contributed by atoms with van der Waals surface area (Å²) < 4.78 is 25.7. The van der Waals surface area contributed by atoms with Crippen molar-refractivity contribution in [2.75, 3.05) is 19.1 Å². The number of rotatable bonds is 6. The van der Waals surface area contributed by atoms with Crippen LogP contribution in [0, 0.1) is 5.82 Å². The van der Waals surface area contributed by atoms with E-state index in [9.17, 15) is 9.18 Å². The molecule has 0 aliphatic heterocycles. The van der Waals surface area contributed by atoms with Crippen molar-refractivity contribution in [1.82, 2.24) is 4.98 Å². The van der Waals surface area contributed by atoms with Crippen LogP contribution in [-0.2, 0) is 6.54 Å². The Morgan fingerprint density at radius 3 is 2.47 bits per heavy atom. The topological polar surface area (TPSA) is 51.7 Å². The molecule has 30 heavy (non-hydrogen) atoms. The molecule has 152 valence electrons. The van der Waals surface area contributed by atoms with Crippen LogP contribution >= 0.6 is 11.3 Å². The lowest BCUT2D eigenvalue weighted by Gasteiger charge is -2.22. The number of benzene rings is 3. The van der Waals surface area contributed by atoms with E-state index in [1.54, 1.807) is 30.3 Å². The molecule has 1 amide bonds. The number of hydrogen-bond acceptors (Lipinski definition) is 5. The Balaban J connectivity index is 1.83. The van der Waals surface area contributed by atoms with Gasteiger partial charge in [-0.15, -0.1) is 0 Å². The van der Waals surface area contributed by atoms with Crippen LogP contribution in [0.15, 0.2) is 66.7 Å². The first kappa shape index (κ1) is 19.8. The lowest BCUT2D eigenvalue weighted by atomic mass is 10.1. The molecule has 5 nitrogen and oxygen atoms in total. The van der Waals surface area contributed by atoms with Gasteiger partial charge in [-0.2, -0.15) is 0 Å². The second-order valence-corrected chi connectivity index (χ2v) is 7.51. The van der Waals surface area contributed by atoms with Gasteiger partial charge in [0.05, 0.1) is 31.0 Å². The summed E-state index contributed by atoms with van der Waals surface area (Å²) in [7, 11) is 3.01. The summed E-state index contributed by atoms with van der Waals surface area (Å²) in [4.78, 5) is 19.6. The number of anilines is 1. The highest BCUT2D eigenvalue weighted by Gasteiger charge is 2.26. The van der Waals surface area contributed by atoms with Crippen molar-refractivity contribution in [2.45, 2.75) is 6.54 Å². The molecule has 0 fully saturated rings. The molecule has 0 aliphatic carbocycles. The second-order valence-electron chi connectivity index (χ2n) is 6.50. The van der Waals surface area contributed by atoms with Gasteiger partial charge in [-0.25, -0.2) is 9.37 Å². The van der Waals surface area contributed by atoms with Crippen LogP contribution in [-0.4, -0.2) is 25.1 Å². The molecule has 1 aromatic heterocycles. The van der Waals surface area contributed by atoms with Crippen molar-refractivity contribution < 1.29 is 18.7 Å². The molecule has 0 N–H and O–H groups in total. The van der Waals surface area contributed by atoms with E-state index in [0.717, 1.165) is 5.56 Å². The van der Waals surface area contributed by atoms with Crippen molar-refractivity contribution in [3.05, 3.63) is 83.7 Å². The summed E-state index contributed by atoms with van der Waals surface area (Å²) in [6.07, 6.45) is 0. The average molecular weight is 422 g/mol. The van der Waals surface area contributed by atoms with Crippen LogP contribution in [0.1, 0.15) is 15.9 Å². The standard InChI is InChI=1S/C23H19FN2O3S/c1-28-18-12-6-10-16(21(18)29-2)22(27)26(14-15-8-4-3-5-9-15)23-25-20-17(24)11-7-13-19(20)30-23/h3-13H,14H2,1-2H3. The zero-order valence-corrected chi connectivity index (χ0v) is 17.3. The highest BCUT2D eigenvalue weighted by molar-refractivity contribution is 7.22. The average Bonchev–Trinajstić information content (AvgIpc) is 3.22. The summed E-state index contributed by atoms with van der Waals surface area (Å²) in [5.74, 6) is 0.0730. The van der Waals surface area contributed by atoms with E-state index in [0.29, 0.717) is 26.9 Å². The van der Waals surface area contributed by atoms with Crippen molar-refractivity contribution in [3.63, 3.8) is 0 Å². The first-order valence-corrected chi connectivity index (χ1v) is 10.1. The molecule has 4 aromatic rings. The number of amides is 1. The molecule has 0 saturated heterocycles.